The van der Waals surface area contributed by atoms with Gasteiger partial charge in [0, 0.05) is 5.56 Å². The number of halogens is 3. The van der Waals surface area contributed by atoms with Gasteiger partial charge >= 0.3 is 6.18 Å². The zero-order valence-electron chi connectivity index (χ0n) is 12.0. The van der Waals surface area contributed by atoms with Crippen molar-refractivity contribution in [1.82, 2.24) is 15.5 Å². The van der Waals surface area contributed by atoms with Gasteiger partial charge in [-0.25, -0.2) is 0 Å². The van der Waals surface area contributed by atoms with Gasteiger partial charge in [-0.05, 0) is 23.6 Å². The van der Waals surface area contributed by atoms with Crippen LogP contribution in [0.4, 0.5) is 13.2 Å². The summed E-state index contributed by atoms with van der Waals surface area (Å²) in [7, 11) is 0. The fraction of sp³-hybridized carbons (Fsp3) is 0.133. The van der Waals surface area contributed by atoms with Crippen LogP contribution in [0.3, 0.4) is 0 Å². The number of alkyl halides is 3. The highest BCUT2D eigenvalue weighted by molar-refractivity contribution is 7.12. The Morgan fingerprint density at radius 3 is 2.79 bits per heavy atom. The van der Waals surface area contributed by atoms with Crippen LogP contribution in [-0.4, -0.2) is 16.0 Å². The van der Waals surface area contributed by atoms with Gasteiger partial charge in [0.05, 0.1) is 17.0 Å². The molecule has 0 aliphatic heterocycles. The lowest BCUT2D eigenvalue weighted by molar-refractivity contribution is -0.137. The van der Waals surface area contributed by atoms with Crippen molar-refractivity contribution >= 4 is 17.2 Å². The number of hydrogen-bond acceptors (Lipinski definition) is 5. The van der Waals surface area contributed by atoms with Crippen LogP contribution in [0.1, 0.15) is 21.1 Å². The number of hydrogen-bond donors (Lipinski definition) is 1. The highest BCUT2D eigenvalue weighted by Gasteiger charge is 2.30. The van der Waals surface area contributed by atoms with Crippen LogP contribution in [0.2, 0.25) is 0 Å². The number of aromatic nitrogens is 2. The third-order valence-corrected chi connectivity index (χ3v) is 3.93. The smallest absolute Gasteiger partial charge is 0.342 e. The van der Waals surface area contributed by atoms with Crippen LogP contribution in [0.5, 0.6) is 0 Å². The molecule has 0 spiro atoms. The lowest BCUT2D eigenvalue weighted by Gasteiger charge is -2.06. The van der Waals surface area contributed by atoms with Crippen molar-refractivity contribution < 1.29 is 22.5 Å². The highest BCUT2D eigenvalue weighted by Crippen LogP contribution is 2.31. The summed E-state index contributed by atoms with van der Waals surface area (Å²) in [6.45, 7) is -0.0112. The zero-order chi connectivity index (χ0) is 17.2. The molecular formula is C15H10F3N3O2S. The van der Waals surface area contributed by atoms with Gasteiger partial charge in [-0.2, -0.15) is 18.2 Å². The van der Waals surface area contributed by atoms with Crippen molar-refractivity contribution in [1.29, 1.82) is 0 Å². The molecular weight excluding hydrogens is 343 g/mol. The fourth-order valence-electron chi connectivity index (χ4n) is 1.93. The molecule has 2 aromatic heterocycles. The SMILES string of the molecule is O=C(NCc1nc(-c2cccc(C(F)(F)F)c2)no1)c1cccs1. The average molecular weight is 353 g/mol. The van der Waals surface area contributed by atoms with E-state index in [9.17, 15) is 18.0 Å². The van der Waals surface area contributed by atoms with E-state index in [1.54, 1.807) is 17.5 Å². The summed E-state index contributed by atoms with van der Waals surface area (Å²) in [5, 5.41) is 8.02. The number of nitrogens with one attached hydrogen (secondary N) is 1. The molecule has 24 heavy (non-hydrogen) atoms. The molecule has 0 bridgehead atoms. The van der Waals surface area contributed by atoms with E-state index in [0.29, 0.717) is 4.88 Å². The van der Waals surface area contributed by atoms with Crippen molar-refractivity contribution in [2.45, 2.75) is 12.7 Å². The van der Waals surface area contributed by atoms with E-state index in [2.05, 4.69) is 15.5 Å². The predicted octanol–water partition coefficient (Wildman–Crippen LogP) is 3.75. The zero-order valence-corrected chi connectivity index (χ0v) is 12.8. The number of nitrogens with zero attached hydrogens (tertiary/aromatic N) is 2. The summed E-state index contributed by atoms with van der Waals surface area (Å²) < 4.78 is 43.1. The summed E-state index contributed by atoms with van der Waals surface area (Å²) in [6.07, 6.45) is -4.45. The topological polar surface area (TPSA) is 68.0 Å². The first-order valence-electron chi connectivity index (χ1n) is 6.75. The maximum absolute atomic E-state index is 12.7. The van der Waals surface area contributed by atoms with E-state index in [1.807, 2.05) is 0 Å². The molecule has 1 amide bonds. The molecule has 2 heterocycles. The predicted molar refractivity (Wildman–Crippen MR) is 80.2 cm³/mol. The molecule has 0 saturated carbocycles. The molecule has 5 nitrogen and oxygen atoms in total. The Kier molecular flexibility index (Phi) is 4.34. The minimum absolute atomic E-state index is 0.0112. The van der Waals surface area contributed by atoms with Crippen LogP contribution >= 0.6 is 11.3 Å². The van der Waals surface area contributed by atoms with E-state index >= 15 is 0 Å². The molecule has 0 unspecified atom stereocenters. The van der Waals surface area contributed by atoms with Gasteiger partial charge < -0.3 is 9.84 Å². The number of thiophene rings is 1. The second-order valence-corrected chi connectivity index (χ2v) is 5.70. The summed E-state index contributed by atoms with van der Waals surface area (Å²) in [6, 6.07) is 8.05. The van der Waals surface area contributed by atoms with Gasteiger partial charge in [0.25, 0.3) is 5.91 Å². The van der Waals surface area contributed by atoms with Crippen LogP contribution in [0.15, 0.2) is 46.3 Å². The molecule has 1 N–H and O–H groups in total. The minimum Gasteiger partial charge on any atom is -0.342 e. The first-order valence-corrected chi connectivity index (χ1v) is 7.63. The van der Waals surface area contributed by atoms with E-state index in [0.717, 1.165) is 12.1 Å². The number of rotatable bonds is 4. The molecule has 0 aliphatic rings. The Balaban J connectivity index is 1.71. The molecule has 0 aliphatic carbocycles. The molecule has 1 aromatic carbocycles. The van der Waals surface area contributed by atoms with Crippen molar-refractivity contribution in [3.05, 3.63) is 58.1 Å². The molecule has 3 rings (SSSR count). The van der Waals surface area contributed by atoms with Crippen LogP contribution in [0.25, 0.3) is 11.4 Å². The van der Waals surface area contributed by atoms with E-state index in [4.69, 9.17) is 4.52 Å². The van der Waals surface area contributed by atoms with Gasteiger partial charge in [-0.3, -0.25) is 4.79 Å². The number of benzene rings is 1. The first kappa shape index (κ1) is 16.2. The number of amides is 1. The Morgan fingerprint density at radius 1 is 1.25 bits per heavy atom. The number of carbonyl (C=O) groups is 1. The van der Waals surface area contributed by atoms with Crippen molar-refractivity contribution in [3.8, 4) is 11.4 Å². The summed E-state index contributed by atoms with van der Waals surface area (Å²) in [5.41, 5.74) is -0.609. The Hall–Kier alpha value is -2.68. The maximum Gasteiger partial charge on any atom is 0.416 e. The van der Waals surface area contributed by atoms with Gasteiger partial charge in [0.15, 0.2) is 0 Å². The molecule has 124 valence electrons. The summed E-state index contributed by atoms with van der Waals surface area (Å²) in [5.74, 6) is -0.155. The Bertz CT molecular complexity index is 844. The third-order valence-electron chi connectivity index (χ3n) is 3.06. The normalized spacial score (nSPS) is 11.5. The summed E-state index contributed by atoms with van der Waals surface area (Å²) in [4.78, 5) is 16.3. The van der Waals surface area contributed by atoms with Crippen LogP contribution in [0, 0.1) is 0 Å². The standard InChI is InChI=1S/C15H10F3N3O2S/c16-15(17,18)10-4-1-3-9(7-10)13-20-12(23-21-13)8-19-14(22)11-5-2-6-24-11/h1-7H,8H2,(H,19,22). The Labute approximate surface area is 138 Å². The van der Waals surface area contributed by atoms with Gasteiger partial charge in [-0.15, -0.1) is 11.3 Å². The average Bonchev–Trinajstić information content (AvgIpc) is 3.23. The van der Waals surface area contributed by atoms with E-state index < -0.39 is 11.7 Å². The van der Waals surface area contributed by atoms with Crippen molar-refractivity contribution in [2.75, 3.05) is 0 Å². The molecule has 0 saturated heterocycles. The Morgan fingerprint density at radius 2 is 2.08 bits per heavy atom. The highest BCUT2D eigenvalue weighted by atomic mass is 32.1. The lowest BCUT2D eigenvalue weighted by Crippen LogP contribution is -2.21. The molecule has 0 radical (unpaired) electrons. The molecule has 9 heteroatoms. The maximum atomic E-state index is 12.7. The van der Waals surface area contributed by atoms with Gasteiger partial charge in [0.2, 0.25) is 11.7 Å². The molecule has 0 fully saturated rings. The largest absolute Gasteiger partial charge is 0.416 e. The summed E-state index contributed by atoms with van der Waals surface area (Å²) >= 11 is 1.29. The number of carbonyl (C=O) groups excluding carboxylic acids is 1. The second-order valence-electron chi connectivity index (χ2n) is 4.75. The monoisotopic (exact) mass is 353 g/mol. The fourth-order valence-corrected chi connectivity index (χ4v) is 2.57. The quantitative estimate of drug-likeness (QED) is 0.776. The second kappa shape index (κ2) is 6.44. The van der Waals surface area contributed by atoms with Gasteiger partial charge in [0.1, 0.15) is 0 Å². The van der Waals surface area contributed by atoms with Crippen LogP contribution in [-0.2, 0) is 12.7 Å². The lowest BCUT2D eigenvalue weighted by atomic mass is 10.1. The van der Waals surface area contributed by atoms with Gasteiger partial charge in [-0.1, -0.05) is 23.4 Å². The molecule has 0 atom stereocenters. The van der Waals surface area contributed by atoms with Crippen LogP contribution < -0.4 is 5.32 Å². The first-order chi connectivity index (χ1) is 11.4. The van der Waals surface area contributed by atoms with Crippen molar-refractivity contribution in [3.63, 3.8) is 0 Å². The van der Waals surface area contributed by atoms with E-state index in [1.165, 1.54) is 23.5 Å². The third kappa shape index (κ3) is 3.62. The van der Waals surface area contributed by atoms with E-state index in [-0.39, 0.29) is 29.7 Å². The van der Waals surface area contributed by atoms with Crippen molar-refractivity contribution in [2.24, 2.45) is 0 Å². The molecule has 3 aromatic rings. The minimum atomic E-state index is -4.45.